The summed E-state index contributed by atoms with van der Waals surface area (Å²) in [7, 11) is 3.19. The highest BCUT2D eigenvalue weighted by Gasteiger charge is 2.15. The number of anilines is 1. The second-order valence-electron chi connectivity index (χ2n) is 7.84. The predicted molar refractivity (Wildman–Crippen MR) is 128 cm³/mol. The smallest absolute Gasteiger partial charge is 0.255 e. The highest BCUT2D eigenvalue weighted by Crippen LogP contribution is 2.28. The molecule has 3 rings (SSSR count). The first kappa shape index (κ1) is 24.1. The van der Waals surface area contributed by atoms with E-state index in [9.17, 15) is 15.0 Å². The number of benzene rings is 3. The van der Waals surface area contributed by atoms with Crippen molar-refractivity contribution in [1.29, 1.82) is 0 Å². The predicted octanol–water partition coefficient (Wildman–Crippen LogP) is 3.92. The Bertz CT molecular complexity index is 1050. The Morgan fingerprint density at radius 2 is 1.55 bits per heavy atom. The van der Waals surface area contributed by atoms with Crippen LogP contribution in [-0.2, 0) is 6.42 Å². The summed E-state index contributed by atoms with van der Waals surface area (Å²) in [4.78, 5) is 12.5. The molecule has 3 aromatic rings. The Morgan fingerprint density at radius 3 is 2.15 bits per heavy atom. The average Bonchev–Trinajstić information content (AvgIpc) is 2.84. The van der Waals surface area contributed by atoms with Crippen LogP contribution in [0.1, 0.15) is 34.5 Å². The van der Waals surface area contributed by atoms with Crippen molar-refractivity contribution in [3.63, 3.8) is 0 Å². The number of carbonyl (C=O) groups excluding carboxylic acids is 1. The Hall–Kier alpha value is -3.55. The minimum atomic E-state index is -0.805. The van der Waals surface area contributed by atoms with Crippen molar-refractivity contribution in [3.05, 3.63) is 83.4 Å². The van der Waals surface area contributed by atoms with Gasteiger partial charge in [-0.05, 0) is 73.0 Å². The number of methoxy groups -OCH3 is 2. The molecule has 7 heteroatoms. The molecule has 0 aromatic heterocycles. The van der Waals surface area contributed by atoms with E-state index in [2.05, 4.69) is 10.6 Å². The van der Waals surface area contributed by atoms with Crippen LogP contribution in [0.2, 0.25) is 0 Å². The number of aliphatic hydroxyl groups excluding tert-OH is 1. The molecule has 2 atom stereocenters. The number of nitrogens with one attached hydrogen (secondary N) is 2. The lowest BCUT2D eigenvalue weighted by molar-refractivity contribution is 0.102. The highest BCUT2D eigenvalue weighted by molar-refractivity contribution is 6.05. The van der Waals surface area contributed by atoms with Crippen LogP contribution in [0.3, 0.4) is 0 Å². The largest absolute Gasteiger partial charge is 0.506 e. The third-order valence-electron chi connectivity index (χ3n) is 5.37. The molecule has 4 N–H and O–H groups in total. The number of hydrogen-bond acceptors (Lipinski definition) is 6. The summed E-state index contributed by atoms with van der Waals surface area (Å²) in [6.45, 7) is 2.38. The van der Waals surface area contributed by atoms with Crippen LogP contribution in [0.15, 0.2) is 66.7 Å². The summed E-state index contributed by atoms with van der Waals surface area (Å²) < 4.78 is 10.3. The van der Waals surface area contributed by atoms with Crippen molar-refractivity contribution in [2.75, 3.05) is 26.1 Å². The maximum atomic E-state index is 12.5. The molecule has 3 aromatic carbocycles. The molecule has 0 aliphatic carbocycles. The molecule has 1 amide bonds. The van der Waals surface area contributed by atoms with E-state index < -0.39 is 6.10 Å². The third-order valence-corrected chi connectivity index (χ3v) is 5.37. The van der Waals surface area contributed by atoms with Gasteiger partial charge in [0.05, 0.1) is 26.0 Å². The highest BCUT2D eigenvalue weighted by atomic mass is 16.5. The quantitative estimate of drug-likeness (QED) is 0.350. The molecule has 0 aliphatic rings. The van der Waals surface area contributed by atoms with E-state index in [1.54, 1.807) is 50.6 Å². The molecular weight excluding hydrogens is 420 g/mol. The van der Waals surface area contributed by atoms with E-state index in [0.29, 0.717) is 23.4 Å². The number of ether oxygens (including phenoxy) is 2. The van der Waals surface area contributed by atoms with Crippen LogP contribution >= 0.6 is 0 Å². The lowest BCUT2D eigenvalue weighted by atomic mass is 10.0. The molecule has 0 fully saturated rings. The number of carbonyl (C=O) groups is 1. The number of amides is 1. The molecule has 174 valence electrons. The van der Waals surface area contributed by atoms with Gasteiger partial charge in [-0.2, -0.15) is 0 Å². The molecule has 0 bridgehead atoms. The molecule has 33 heavy (non-hydrogen) atoms. The van der Waals surface area contributed by atoms with Crippen LogP contribution in [-0.4, -0.2) is 42.9 Å². The minimum absolute atomic E-state index is 0.0753. The second kappa shape index (κ2) is 11.4. The summed E-state index contributed by atoms with van der Waals surface area (Å²) in [6, 6.07) is 19.4. The van der Waals surface area contributed by atoms with Crippen LogP contribution in [0.5, 0.6) is 17.2 Å². The van der Waals surface area contributed by atoms with Crippen molar-refractivity contribution in [2.45, 2.75) is 25.5 Å². The Kier molecular flexibility index (Phi) is 8.29. The molecule has 0 aliphatic heterocycles. The van der Waals surface area contributed by atoms with Crippen molar-refractivity contribution in [3.8, 4) is 17.2 Å². The topological polar surface area (TPSA) is 100 Å². The number of rotatable bonds is 10. The first-order valence-electron chi connectivity index (χ1n) is 10.7. The van der Waals surface area contributed by atoms with Gasteiger partial charge >= 0.3 is 0 Å². The van der Waals surface area contributed by atoms with Gasteiger partial charge in [-0.3, -0.25) is 4.79 Å². The maximum absolute atomic E-state index is 12.5. The van der Waals surface area contributed by atoms with Gasteiger partial charge in [0, 0.05) is 18.2 Å². The van der Waals surface area contributed by atoms with E-state index in [1.165, 1.54) is 11.6 Å². The van der Waals surface area contributed by atoms with Gasteiger partial charge in [-0.25, -0.2) is 0 Å². The Labute approximate surface area is 194 Å². The maximum Gasteiger partial charge on any atom is 0.255 e. The molecular formula is C26H30N2O5. The number of hydrogen-bond donors (Lipinski definition) is 4. The number of phenols is 1. The zero-order chi connectivity index (χ0) is 23.8. The number of aromatic hydroxyl groups is 1. The van der Waals surface area contributed by atoms with Crippen molar-refractivity contribution < 1.29 is 24.5 Å². The third kappa shape index (κ3) is 6.71. The van der Waals surface area contributed by atoms with E-state index >= 15 is 0 Å². The van der Waals surface area contributed by atoms with Gasteiger partial charge in [0.25, 0.3) is 5.91 Å². The second-order valence-corrected chi connectivity index (χ2v) is 7.84. The van der Waals surface area contributed by atoms with E-state index in [4.69, 9.17) is 9.47 Å². The van der Waals surface area contributed by atoms with Gasteiger partial charge in [-0.1, -0.05) is 18.2 Å². The van der Waals surface area contributed by atoms with Crippen molar-refractivity contribution in [2.24, 2.45) is 0 Å². The fourth-order valence-corrected chi connectivity index (χ4v) is 3.42. The number of phenolic OH excluding ortho intramolecular Hbond substituents is 1. The Balaban J connectivity index is 1.58. The summed E-state index contributed by atoms with van der Waals surface area (Å²) >= 11 is 0. The van der Waals surface area contributed by atoms with E-state index in [0.717, 1.165) is 12.2 Å². The fraction of sp³-hybridized carbons (Fsp3) is 0.269. The van der Waals surface area contributed by atoms with Gasteiger partial charge in [-0.15, -0.1) is 0 Å². The van der Waals surface area contributed by atoms with Crippen molar-refractivity contribution in [1.82, 2.24) is 5.32 Å². The first-order valence-corrected chi connectivity index (χ1v) is 10.7. The molecule has 0 heterocycles. The standard InChI is InChI=1S/C26H30N2O5/c1-17(14-18-4-9-21(32-2)10-5-18)27-16-25(30)20-8-13-24(29)23(15-20)28-26(31)19-6-11-22(33-3)12-7-19/h4-13,15,17,25,27,29-30H,14,16H2,1-3H3,(H,28,31). The first-order chi connectivity index (χ1) is 15.9. The lowest BCUT2D eigenvalue weighted by Gasteiger charge is -2.19. The molecule has 2 unspecified atom stereocenters. The lowest BCUT2D eigenvalue weighted by Crippen LogP contribution is -2.32. The summed E-state index contributed by atoms with van der Waals surface area (Å²) in [5, 5.41) is 26.8. The monoisotopic (exact) mass is 450 g/mol. The van der Waals surface area contributed by atoms with Gasteiger partial charge < -0.3 is 30.3 Å². The van der Waals surface area contributed by atoms with Crippen LogP contribution in [0.25, 0.3) is 0 Å². The van der Waals surface area contributed by atoms with Gasteiger partial charge in [0.2, 0.25) is 0 Å². The molecule has 0 saturated carbocycles. The number of aliphatic hydroxyl groups is 1. The minimum Gasteiger partial charge on any atom is -0.506 e. The van der Waals surface area contributed by atoms with E-state index in [1.807, 2.05) is 31.2 Å². The summed E-state index contributed by atoms with van der Waals surface area (Å²) in [5.41, 5.74) is 2.41. The normalized spacial score (nSPS) is 12.6. The van der Waals surface area contributed by atoms with Gasteiger partial charge in [0.1, 0.15) is 17.2 Å². The molecule has 0 radical (unpaired) electrons. The van der Waals surface area contributed by atoms with Crippen LogP contribution in [0.4, 0.5) is 5.69 Å². The van der Waals surface area contributed by atoms with Crippen molar-refractivity contribution >= 4 is 11.6 Å². The Morgan fingerprint density at radius 1 is 0.939 bits per heavy atom. The molecule has 7 nitrogen and oxygen atoms in total. The van der Waals surface area contributed by atoms with Gasteiger partial charge in [0.15, 0.2) is 0 Å². The zero-order valence-corrected chi connectivity index (χ0v) is 19.0. The van der Waals surface area contributed by atoms with Crippen LogP contribution < -0.4 is 20.1 Å². The average molecular weight is 451 g/mol. The van der Waals surface area contributed by atoms with E-state index in [-0.39, 0.29) is 23.4 Å². The fourth-order valence-electron chi connectivity index (χ4n) is 3.42. The molecule has 0 spiro atoms. The zero-order valence-electron chi connectivity index (χ0n) is 19.0. The molecule has 0 saturated heterocycles. The van der Waals surface area contributed by atoms with Crippen LogP contribution in [0, 0.1) is 0 Å². The summed E-state index contributed by atoms with van der Waals surface area (Å²) in [5.74, 6) is 1.02. The summed E-state index contributed by atoms with van der Waals surface area (Å²) in [6.07, 6.45) is -0.00399. The SMILES string of the molecule is COc1ccc(CC(C)NCC(O)c2ccc(O)c(NC(=O)c3ccc(OC)cc3)c2)cc1.